The van der Waals surface area contributed by atoms with E-state index >= 15 is 0 Å². The fraction of sp³-hybridized carbons (Fsp3) is 0.400. The Balaban J connectivity index is 0.000000162. The van der Waals surface area contributed by atoms with Crippen molar-refractivity contribution in [1.82, 2.24) is 15.6 Å². The van der Waals surface area contributed by atoms with E-state index < -0.39 is 0 Å². The molecule has 5 heteroatoms. The van der Waals surface area contributed by atoms with Crippen molar-refractivity contribution >= 4 is 17.9 Å². The van der Waals surface area contributed by atoms with E-state index in [-0.39, 0.29) is 5.15 Å². The van der Waals surface area contributed by atoms with Crippen LogP contribution in [0.15, 0.2) is 18.3 Å². The van der Waals surface area contributed by atoms with Crippen LogP contribution in [0.3, 0.4) is 0 Å². The fourth-order valence-corrected chi connectivity index (χ4v) is 1.25. The van der Waals surface area contributed by atoms with Crippen molar-refractivity contribution in [2.45, 2.75) is 0 Å². The molecule has 1 fully saturated rings. The van der Waals surface area contributed by atoms with E-state index in [1.165, 1.54) is 6.20 Å². The quantitative estimate of drug-likeness (QED) is 0.549. The summed E-state index contributed by atoms with van der Waals surface area (Å²) >= 11 is 5.48. The van der Waals surface area contributed by atoms with Gasteiger partial charge in [-0.1, -0.05) is 11.6 Å². The zero-order valence-corrected chi connectivity index (χ0v) is 9.13. The van der Waals surface area contributed by atoms with E-state index in [0.717, 1.165) is 26.2 Å². The maximum atomic E-state index is 10.1. The number of nitrogens with zero attached hydrogens (tertiary/aromatic N) is 1. The number of aromatic nitrogens is 1. The lowest BCUT2D eigenvalue weighted by atomic mass is 10.3. The van der Waals surface area contributed by atoms with E-state index in [1.54, 1.807) is 12.1 Å². The van der Waals surface area contributed by atoms with Crippen molar-refractivity contribution in [3.8, 4) is 0 Å². The van der Waals surface area contributed by atoms with Gasteiger partial charge in [-0.25, -0.2) is 4.98 Å². The molecule has 0 atom stereocenters. The smallest absolute Gasteiger partial charge is 0.153 e. The summed E-state index contributed by atoms with van der Waals surface area (Å²) in [5, 5.41) is 6.70. The minimum absolute atomic E-state index is 0.257. The highest BCUT2D eigenvalue weighted by molar-refractivity contribution is 6.31. The summed E-state index contributed by atoms with van der Waals surface area (Å²) in [6.45, 7) is 4.56. The van der Waals surface area contributed by atoms with Crippen molar-refractivity contribution < 1.29 is 4.79 Å². The van der Waals surface area contributed by atoms with Crippen LogP contribution in [0.25, 0.3) is 0 Å². The summed E-state index contributed by atoms with van der Waals surface area (Å²) < 4.78 is 0. The summed E-state index contributed by atoms with van der Waals surface area (Å²) in [6.07, 6.45) is 2.21. The highest BCUT2D eigenvalue weighted by Gasteiger charge is 1.94. The van der Waals surface area contributed by atoms with Crippen LogP contribution in [0.1, 0.15) is 10.4 Å². The zero-order valence-electron chi connectivity index (χ0n) is 8.37. The predicted octanol–water partition coefficient (Wildman–Crippen LogP) is 0.727. The standard InChI is InChI=1S/C6H4ClNO.C4H10N2/c7-6-5(4-9)2-1-3-8-6;1-2-6-4-3-5-1/h1-4H;5-6H,1-4H2. The molecule has 15 heavy (non-hydrogen) atoms. The molecule has 1 aromatic rings. The minimum Gasteiger partial charge on any atom is -0.314 e. The van der Waals surface area contributed by atoms with E-state index in [2.05, 4.69) is 15.6 Å². The number of piperazine rings is 1. The number of aldehydes is 1. The van der Waals surface area contributed by atoms with Crippen molar-refractivity contribution in [1.29, 1.82) is 0 Å². The van der Waals surface area contributed by atoms with Gasteiger partial charge in [0.2, 0.25) is 0 Å². The molecular weight excluding hydrogens is 214 g/mol. The Morgan fingerprint density at radius 3 is 2.20 bits per heavy atom. The lowest BCUT2D eigenvalue weighted by Gasteiger charge is -2.11. The number of pyridine rings is 1. The molecule has 82 valence electrons. The normalized spacial score (nSPS) is 15.0. The second kappa shape index (κ2) is 7.34. The van der Waals surface area contributed by atoms with Gasteiger partial charge in [-0.2, -0.15) is 0 Å². The van der Waals surface area contributed by atoms with Gasteiger partial charge in [0.1, 0.15) is 5.15 Å². The summed E-state index contributed by atoms with van der Waals surface area (Å²) in [6, 6.07) is 3.28. The second-order valence-corrected chi connectivity index (χ2v) is 3.36. The molecule has 0 aliphatic carbocycles. The van der Waals surface area contributed by atoms with Crippen LogP contribution in [0.4, 0.5) is 0 Å². The van der Waals surface area contributed by atoms with Gasteiger partial charge in [0.05, 0.1) is 5.56 Å². The highest BCUT2D eigenvalue weighted by atomic mass is 35.5. The van der Waals surface area contributed by atoms with Crippen molar-refractivity contribution in [3.63, 3.8) is 0 Å². The van der Waals surface area contributed by atoms with E-state index in [9.17, 15) is 4.79 Å². The first-order chi connectivity index (χ1) is 7.34. The number of carbonyl (C=O) groups is 1. The molecule has 1 aliphatic rings. The Labute approximate surface area is 94.0 Å². The van der Waals surface area contributed by atoms with Crippen LogP contribution in [0.2, 0.25) is 5.15 Å². The number of halogens is 1. The zero-order chi connectivity index (χ0) is 10.9. The molecule has 0 aromatic carbocycles. The number of carbonyl (C=O) groups excluding carboxylic acids is 1. The predicted molar refractivity (Wildman–Crippen MR) is 60.4 cm³/mol. The SMILES string of the molecule is C1CNCCN1.O=Cc1cccnc1Cl. The van der Waals surface area contributed by atoms with Gasteiger partial charge in [0, 0.05) is 32.4 Å². The monoisotopic (exact) mass is 227 g/mol. The average Bonchev–Trinajstić information content (AvgIpc) is 2.33. The minimum atomic E-state index is 0.257. The molecule has 2 N–H and O–H groups in total. The van der Waals surface area contributed by atoms with E-state index in [1.807, 2.05) is 0 Å². The molecule has 0 spiro atoms. The Bertz CT molecular complexity index is 291. The van der Waals surface area contributed by atoms with Crippen LogP contribution >= 0.6 is 11.6 Å². The molecule has 0 radical (unpaired) electrons. The summed E-state index contributed by atoms with van der Waals surface area (Å²) in [5.74, 6) is 0. The molecule has 0 bridgehead atoms. The van der Waals surface area contributed by atoms with E-state index in [0.29, 0.717) is 11.8 Å². The van der Waals surface area contributed by atoms with Gasteiger partial charge in [0.25, 0.3) is 0 Å². The van der Waals surface area contributed by atoms with Crippen LogP contribution in [0, 0.1) is 0 Å². The van der Waals surface area contributed by atoms with Gasteiger partial charge in [0.15, 0.2) is 6.29 Å². The van der Waals surface area contributed by atoms with Crippen LogP contribution < -0.4 is 10.6 Å². The first-order valence-corrected chi connectivity index (χ1v) is 5.19. The largest absolute Gasteiger partial charge is 0.314 e. The maximum Gasteiger partial charge on any atom is 0.153 e. The highest BCUT2D eigenvalue weighted by Crippen LogP contribution is 2.07. The molecule has 1 saturated heterocycles. The Morgan fingerprint density at radius 2 is 1.87 bits per heavy atom. The molecular formula is C10H14ClN3O. The first-order valence-electron chi connectivity index (χ1n) is 4.81. The summed E-state index contributed by atoms with van der Waals surface area (Å²) in [5.41, 5.74) is 0.430. The Kier molecular flexibility index (Phi) is 5.92. The van der Waals surface area contributed by atoms with Crippen molar-refractivity contribution in [2.24, 2.45) is 0 Å². The first kappa shape index (κ1) is 12.1. The number of hydrogen-bond acceptors (Lipinski definition) is 4. The van der Waals surface area contributed by atoms with Crippen molar-refractivity contribution in [2.75, 3.05) is 26.2 Å². The van der Waals surface area contributed by atoms with E-state index in [4.69, 9.17) is 11.6 Å². The number of rotatable bonds is 1. The number of nitrogens with one attached hydrogen (secondary N) is 2. The summed E-state index contributed by atoms with van der Waals surface area (Å²) in [7, 11) is 0. The third-order valence-electron chi connectivity index (χ3n) is 1.87. The molecule has 0 amide bonds. The Morgan fingerprint density at radius 1 is 1.27 bits per heavy atom. The lowest BCUT2D eigenvalue weighted by molar-refractivity contribution is 0.112. The van der Waals surface area contributed by atoms with Gasteiger partial charge in [-0.15, -0.1) is 0 Å². The maximum absolute atomic E-state index is 10.1. The van der Waals surface area contributed by atoms with Crippen LogP contribution in [0.5, 0.6) is 0 Å². The molecule has 1 aliphatic heterocycles. The molecule has 4 nitrogen and oxygen atoms in total. The lowest BCUT2D eigenvalue weighted by Crippen LogP contribution is -2.39. The van der Waals surface area contributed by atoms with Crippen LogP contribution in [-0.4, -0.2) is 37.4 Å². The van der Waals surface area contributed by atoms with Crippen molar-refractivity contribution in [3.05, 3.63) is 29.0 Å². The van der Waals surface area contributed by atoms with Gasteiger partial charge < -0.3 is 10.6 Å². The molecule has 1 aromatic heterocycles. The molecule has 0 unspecified atom stereocenters. The Hall–Kier alpha value is -0.970. The third-order valence-corrected chi connectivity index (χ3v) is 2.19. The number of hydrogen-bond donors (Lipinski definition) is 2. The fourth-order valence-electron chi connectivity index (χ4n) is 1.09. The molecule has 0 saturated carbocycles. The average molecular weight is 228 g/mol. The second-order valence-electron chi connectivity index (χ2n) is 3.00. The van der Waals surface area contributed by atoms with Crippen LogP contribution in [-0.2, 0) is 0 Å². The molecule has 2 rings (SSSR count). The topological polar surface area (TPSA) is 54.0 Å². The van der Waals surface area contributed by atoms with Gasteiger partial charge in [-0.05, 0) is 12.1 Å². The van der Waals surface area contributed by atoms with Gasteiger partial charge in [-0.3, -0.25) is 4.79 Å². The van der Waals surface area contributed by atoms with Gasteiger partial charge >= 0.3 is 0 Å². The molecule has 2 heterocycles. The third kappa shape index (κ3) is 4.88. The summed E-state index contributed by atoms with van der Waals surface area (Å²) in [4.78, 5) is 13.8.